The van der Waals surface area contributed by atoms with Gasteiger partial charge in [-0.05, 0) is 52.0 Å². The van der Waals surface area contributed by atoms with E-state index in [4.69, 9.17) is 5.73 Å². The molecule has 2 heteroatoms. The third-order valence-electron chi connectivity index (χ3n) is 4.16. The molecular formula is C13H28N2. The van der Waals surface area contributed by atoms with Crippen LogP contribution < -0.4 is 5.73 Å². The summed E-state index contributed by atoms with van der Waals surface area (Å²) in [5.41, 5.74) is 5.98. The number of hydrogen-bond acceptors (Lipinski definition) is 2. The molecular weight excluding hydrogens is 184 g/mol. The third kappa shape index (κ3) is 3.18. The Labute approximate surface area is 95.2 Å². The normalized spacial score (nSPS) is 33.4. The van der Waals surface area contributed by atoms with Crippen LogP contribution in [-0.4, -0.2) is 30.1 Å². The van der Waals surface area contributed by atoms with Gasteiger partial charge in [0.15, 0.2) is 0 Å². The molecule has 1 fully saturated rings. The number of hydrogen-bond donors (Lipinski definition) is 1. The molecule has 0 heterocycles. The molecule has 1 aliphatic rings. The quantitative estimate of drug-likeness (QED) is 0.779. The van der Waals surface area contributed by atoms with Crippen LogP contribution in [0.1, 0.15) is 47.0 Å². The molecule has 0 aliphatic heterocycles. The zero-order valence-electron chi connectivity index (χ0n) is 11.1. The second-order valence-electron chi connectivity index (χ2n) is 6.20. The standard InChI is InChI=1S/C13H28N2/c1-10-6-11(2)8-12(7-10)15(5)13(3,4)9-14/h10-12H,6-9,14H2,1-5H3. The van der Waals surface area contributed by atoms with Crippen molar-refractivity contribution in [3.8, 4) is 0 Å². The molecule has 0 bridgehead atoms. The van der Waals surface area contributed by atoms with Gasteiger partial charge in [0.1, 0.15) is 0 Å². The minimum atomic E-state index is 0.140. The highest BCUT2D eigenvalue weighted by Crippen LogP contribution is 2.33. The van der Waals surface area contributed by atoms with E-state index in [0.717, 1.165) is 24.4 Å². The number of nitrogens with zero attached hydrogens (tertiary/aromatic N) is 1. The topological polar surface area (TPSA) is 29.3 Å². The van der Waals surface area contributed by atoms with Crippen LogP contribution in [-0.2, 0) is 0 Å². The summed E-state index contributed by atoms with van der Waals surface area (Å²) in [5, 5.41) is 0. The predicted molar refractivity (Wildman–Crippen MR) is 66.9 cm³/mol. The van der Waals surface area contributed by atoms with E-state index >= 15 is 0 Å². The van der Waals surface area contributed by atoms with Gasteiger partial charge in [-0.15, -0.1) is 0 Å². The molecule has 1 aliphatic carbocycles. The van der Waals surface area contributed by atoms with E-state index in [1.54, 1.807) is 0 Å². The van der Waals surface area contributed by atoms with Gasteiger partial charge >= 0.3 is 0 Å². The molecule has 0 aromatic carbocycles. The maximum absolute atomic E-state index is 5.84. The zero-order valence-corrected chi connectivity index (χ0v) is 11.1. The van der Waals surface area contributed by atoms with E-state index < -0.39 is 0 Å². The second-order valence-corrected chi connectivity index (χ2v) is 6.20. The average Bonchev–Trinajstić information content (AvgIpc) is 2.15. The molecule has 2 nitrogen and oxygen atoms in total. The van der Waals surface area contributed by atoms with Crippen molar-refractivity contribution < 1.29 is 0 Å². The Morgan fingerprint density at radius 3 is 2.00 bits per heavy atom. The first kappa shape index (κ1) is 13.0. The van der Waals surface area contributed by atoms with Gasteiger partial charge in [0.2, 0.25) is 0 Å². The van der Waals surface area contributed by atoms with Crippen molar-refractivity contribution in [2.75, 3.05) is 13.6 Å². The van der Waals surface area contributed by atoms with Crippen LogP contribution in [0, 0.1) is 11.8 Å². The molecule has 0 spiro atoms. The molecule has 15 heavy (non-hydrogen) atoms. The summed E-state index contributed by atoms with van der Waals surface area (Å²) < 4.78 is 0. The van der Waals surface area contributed by atoms with Gasteiger partial charge in [0, 0.05) is 18.1 Å². The molecule has 1 rings (SSSR count). The Morgan fingerprint density at radius 1 is 1.13 bits per heavy atom. The van der Waals surface area contributed by atoms with Crippen molar-refractivity contribution in [2.45, 2.75) is 58.5 Å². The Bertz CT molecular complexity index is 191. The highest BCUT2D eigenvalue weighted by atomic mass is 15.2. The van der Waals surface area contributed by atoms with Gasteiger partial charge in [0.25, 0.3) is 0 Å². The number of nitrogens with two attached hydrogens (primary N) is 1. The predicted octanol–water partition coefficient (Wildman–Crippen LogP) is 2.48. The zero-order chi connectivity index (χ0) is 11.6. The molecule has 0 amide bonds. The lowest BCUT2D eigenvalue weighted by Gasteiger charge is -2.45. The van der Waals surface area contributed by atoms with Crippen LogP contribution in [0.25, 0.3) is 0 Å². The van der Waals surface area contributed by atoms with E-state index in [2.05, 4.69) is 39.6 Å². The Hall–Kier alpha value is -0.0800. The SMILES string of the molecule is CC1CC(C)CC(N(C)C(C)(C)CN)C1. The molecule has 1 saturated carbocycles. The van der Waals surface area contributed by atoms with E-state index in [0.29, 0.717) is 0 Å². The summed E-state index contributed by atoms with van der Waals surface area (Å²) in [5.74, 6) is 1.74. The summed E-state index contributed by atoms with van der Waals surface area (Å²) in [6, 6.07) is 0.724. The van der Waals surface area contributed by atoms with Crippen molar-refractivity contribution >= 4 is 0 Å². The second kappa shape index (κ2) is 4.84. The van der Waals surface area contributed by atoms with Gasteiger partial charge in [-0.1, -0.05) is 13.8 Å². The summed E-state index contributed by atoms with van der Waals surface area (Å²) in [4.78, 5) is 2.50. The highest BCUT2D eigenvalue weighted by molar-refractivity contribution is 4.89. The fraction of sp³-hybridized carbons (Fsp3) is 1.00. The lowest BCUT2D eigenvalue weighted by Crippen LogP contribution is -2.53. The Kier molecular flexibility index (Phi) is 4.19. The summed E-state index contributed by atoms with van der Waals surface area (Å²) in [6.07, 6.45) is 4.07. The molecule has 90 valence electrons. The highest BCUT2D eigenvalue weighted by Gasteiger charge is 2.32. The third-order valence-corrected chi connectivity index (χ3v) is 4.16. The van der Waals surface area contributed by atoms with E-state index in [1.165, 1.54) is 19.3 Å². The van der Waals surface area contributed by atoms with Gasteiger partial charge < -0.3 is 5.73 Å². The maximum Gasteiger partial charge on any atom is 0.0275 e. The minimum absolute atomic E-state index is 0.140. The maximum atomic E-state index is 5.84. The molecule has 0 aromatic rings. The number of rotatable bonds is 3. The molecule has 0 aromatic heterocycles. The van der Waals surface area contributed by atoms with E-state index in [-0.39, 0.29) is 5.54 Å². The van der Waals surface area contributed by atoms with Crippen LogP contribution in [0.15, 0.2) is 0 Å². The van der Waals surface area contributed by atoms with Crippen molar-refractivity contribution in [1.82, 2.24) is 4.90 Å². The fourth-order valence-electron chi connectivity index (χ4n) is 2.86. The molecule has 2 unspecified atom stereocenters. The van der Waals surface area contributed by atoms with Gasteiger partial charge in [-0.2, -0.15) is 0 Å². The first-order chi connectivity index (χ1) is 6.86. The summed E-state index contributed by atoms with van der Waals surface area (Å²) >= 11 is 0. The Balaban J connectivity index is 2.62. The van der Waals surface area contributed by atoms with Crippen LogP contribution in [0.4, 0.5) is 0 Å². The minimum Gasteiger partial charge on any atom is -0.329 e. The monoisotopic (exact) mass is 212 g/mol. The average molecular weight is 212 g/mol. The van der Waals surface area contributed by atoms with Gasteiger partial charge in [0.05, 0.1) is 0 Å². The smallest absolute Gasteiger partial charge is 0.0275 e. The fourth-order valence-corrected chi connectivity index (χ4v) is 2.86. The summed E-state index contributed by atoms with van der Waals surface area (Å²) in [6.45, 7) is 9.99. The van der Waals surface area contributed by atoms with E-state index in [9.17, 15) is 0 Å². The largest absolute Gasteiger partial charge is 0.329 e. The van der Waals surface area contributed by atoms with E-state index in [1.807, 2.05) is 0 Å². The van der Waals surface area contributed by atoms with Crippen molar-refractivity contribution in [1.29, 1.82) is 0 Å². The van der Waals surface area contributed by atoms with Gasteiger partial charge in [-0.3, -0.25) is 4.90 Å². The van der Waals surface area contributed by atoms with Crippen LogP contribution >= 0.6 is 0 Å². The van der Waals surface area contributed by atoms with Crippen molar-refractivity contribution in [2.24, 2.45) is 17.6 Å². The number of likely N-dealkylation sites (N-methyl/N-ethyl adjacent to an activating group) is 1. The lowest BCUT2D eigenvalue weighted by atomic mass is 9.79. The van der Waals surface area contributed by atoms with Crippen LogP contribution in [0.5, 0.6) is 0 Å². The summed E-state index contributed by atoms with van der Waals surface area (Å²) in [7, 11) is 2.24. The van der Waals surface area contributed by atoms with Crippen LogP contribution in [0.2, 0.25) is 0 Å². The van der Waals surface area contributed by atoms with Gasteiger partial charge in [-0.25, -0.2) is 0 Å². The molecule has 0 saturated heterocycles. The molecule has 2 atom stereocenters. The first-order valence-corrected chi connectivity index (χ1v) is 6.30. The van der Waals surface area contributed by atoms with Crippen LogP contribution in [0.3, 0.4) is 0 Å². The van der Waals surface area contributed by atoms with Crippen molar-refractivity contribution in [3.63, 3.8) is 0 Å². The van der Waals surface area contributed by atoms with Crippen molar-refractivity contribution in [3.05, 3.63) is 0 Å². The first-order valence-electron chi connectivity index (χ1n) is 6.30. The molecule has 0 radical (unpaired) electrons. The lowest BCUT2D eigenvalue weighted by molar-refractivity contribution is 0.0555. The molecule has 2 N–H and O–H groups in total. The Morgan fingerprint density at radius 2 is 1.60 bits per heavy atom.